The number of alkyl halides is 3. The zero-order valence-electron chi connectivity index (χ0n) is 20.3. The highest BCUT2D eigenvalue weighted by molar-refractivity contribution is 5.99. The van der Waals surface area contributed by atoms with Gasteiger partial charge in [-0.3, -0.25) is 9.59 Å². The maximum absolute atomic E-state index is 13.6. The highest BCUT2D eigenvalue weighted by Gasteiger charge is 2.51. The second-order valence-electron chi connectivity index (χ2n) is 9.90. The van der Waals surface area contributed by atoms with Crippen molar-refractivity contribution in [2.75, 3.05) is 19.6 Å². The zero-order chi connectivity index (χ0) is 25.5. The Bertz CT molecular complexity index is 1210. The molecule has 1 N–H and O–H groups in total. The molecular formula is C28H30F3N3O2. The number of hydrogen-bond acceptors (Lipinski definition) is 3. The number of hydrogen-bond donors (Lipinski definition) is 1. The standard InChI is InChI=1S/C28H30F3N3O2/c1-2-3-13-27(26(36)32-18-28(29,30)31)23-11-7-5-8-19(23)15-24(27)33-14-12-21(17-33)34-16-20-9-4-6-10-22(20)25(34)35/h4-11,15,21H,2-3,12-14,16-18H2,1H3,(H,32,36). The number of fused-ring (bicyclic) bond motifs is 2. The van der Waals surface area contributed by atoms with Gasteiger partial charge in [-0.2, -0.15) is 13.2 Å². The minimum Gasteiger partial charge on any atom is -0.371 e. The Labute approximate surface area is 209 Å². The topological polar surface area (TPSA) is 52.7 Å². The molecule has 1 saturated heterocycles. The van der Waals surface area contributed by atoms with Crippen LogP contribution in [0.2, 0.25) is 0 Å². The highest BCUT2D eigenvalue weighted by atomic mass is 19.4. The molecule has 0 aromatic heterocycles. The van der Waals surface area contributed by atoms with Crippen LogP contribution in [0.25, 0.3) is 6.08 Å². The number of likely N-dealkylation sites (tertiary alicyclic amines) is 1. The second kappa shape index (κ2) is 9.30. The first kappa shape index (κ1) is 24.4. The van der Waals surface area contributed by atoms with Crippen LogP contribution in [0.5, 0.6) is 0 Å². The summed E-state index contributed by atoms with van der Waals surface area (Å²) in [5, 5.41) is 2.20. The number of nitrogens with one attached hydrogen (secondary N) is 1. The van der Waals surface area contributed by atoms with Gasteiger partial charge in [0.2, 0.25) is 5.91 Å². The number of amides is 2. The van der Waals surface area contributed by atoms with Crippen molar-refractivity contribution >= 4 is 17.9 Å². The van der Waals surface area contributed by atoms with Gasteiger partial charge in [-0.05, 0) is 41.7 Å². The predicted octanol–water partition coefficient (Wildman–Crippen LogP) is 4.88. The van der Waals surface area contributed by atoms with Gasteiger partial charge < -0.3 is 15.1 Å². The van der Waals surface area contributed by atoms with Crippen LogP contribution in [0.4, 0.5) is 13.2 Å². The molecule has 0 radical (unpaired) electrons. The first-order valence-corrected chi connectivity index (χ1v) is 12.5. The number of halogens is 3. The van der Waals surface area contributed by atoms with Crippen molar-refractivity contribution < 1.29 is 22.8 Å². The second-order valence-corrected chi connectivity index (χ2v) is 9.90. The van der Waals surface area contributed by atoms with Crippen LogP contribution in [0.3, 0.4) is 0 Å². The quantitative estimate of drug-likeness (QED) is 0.594. The molecule has 2 aromatic carbocycles. The van der Waals surface area contributed by atoms with Crippen molar-refractivity contribution in [1.82, 2.24) is 15.1 Å². The Kier molecular flexibility index (Phi) is 6.30. The average Bonchev–Trinajstić information content (AvgIpc) is 3.55. The number of carbonyl (C=O) groups excluding carboxylic acids is 2. The zero-order valence-corrected chi connectivity index (χ0v) is 20.3. The molecule has 5 rings (SSSR count). The SMILES string of the molecule is CCCCC1(C(=O)NCC(F)(F)F)C(N2CCC(N3Cc4ccccc4C3=O)C2)=Cc2ccccc21. The van der Waals surface area contributed by atoms with Crippen LogP contribution in [0.1, 0.15) is 59.7 Å². The van der Waals surface area contributed by atoms with Gasteiger partial charge in [0.1, 0.15) is 12.0 Å². The minimum absolute atomic E-state index is 0.0151. The molecule has 2 aromatic rings. The summed E-state index contributed by atoms with van der Waals surface area (Å²) in [7, 11) is 0. The van der Waals surface area contributed by atoms with E-state index in [1.165, 1.54) is 0 Å². The third kappa shape index (κ3) is 4.16. The Morgan fingerprint density at radius 1 is 1.14 bits per heavy atom. The fourth-order valence-corrected chi connectivity index (χ4v) is 5.96. The molecule has 0 bridgehead atoms. The highest BCUT2D eigenvalue weighted by Crippen LogP contribution is 2.48. The summed E-state index contributed by atoms with van der Waals surface area (Å²) in [6.07, 6.45) is 0.135. The summed E-state index contributed by atoms with van der Waals surface area (Å²) in [6, 6.07) is 15.1. The Morgan fingerprint density at radius 3 is 2.64 bits per heavy atom. The molecular weight excluding hydrogens is 467 g/mol. The molecule has 2 heterocycles. The lowest BCUT2D eigenvalue weighted by atomic mass is 9.74. The molecule has 3 aliphatic rings. The lowest BCUT2D eigenvalue weighted by molar-refractivity contribution is -0.141. The summed E-state index contributed by atoms with van der Waals surface area (Å²) >= 11 is 0. The van der Waals surface area contributed by atoms with E-state index >= 15 is 0 Å². The maximum atomic E-state index is 13.6. The van der Waals surface area contributed by atoms with Gasteiger partial charge >= 0.3 is 6.18 Å². The molecule has 36 heavy (non-hydrogen) atoms. The molecule has 190 valence electrons. The smallest absolute Gasteiger partial charge is 0.371 e. The lowest BCUT2D eigenvalue weighted by Gasteiger charge is -2.38. The average molecular weight is 498 g/mol. The van der Waals surface area contributed by atoms with E-state index in [4.69, 9.17) is 0 Å². The molecule has 2 aliphatic heterocycles. The summed E-state index contributed by atoms with van der Waals surface area (Å²) in [6.45, 7) is 2.37. The van der Waals surface area contributed by atoms with E-state index in [1.807, 2.05) is 66.4 Å². The monoisotopic (exact) mass is 497 g/mol. The minimum atomic E-state index is -4.49. The van der Waals surface area contributed by atoms with Gasteiger partial charge in [0.25, 0.3) is 5.91 Å². The fourth-order valence-electron chi connectivity index (χ4n) is 5.96. The maximum Gasteiger partial charge on any atom is 0.405 e. The van der Waals surface area contributed by atoms with E-state index < -0.39 is 24.0 Å². The van der Waals surface area contributed by atoms with Crippen LogP contribution in [0.15, 0.2) is 54.2 Å². The van der Waals surface area contributed by atoms with Crippen molar-refractivity contribution in [3.63, 3.8) is 0 Å². The number of benzene rings is 2. The largest absolute Gasteiger partial charge is 0.405 e. The van der Waals surface area contributed by atoms with Crippen LogP contribution < -0.4 is 5.32 Å². The molecule has 1 fully saturated rings. The Balaban J connectivity index is 1.45. The number of rotatable bonds is 7. The van der Waals surface area contributed by atoms with E-state index in [2.05, 4.69) is 10.2 Å². The van der Waals surface area contributed by atoms with Gasteiger partial charge in [0.05, 0.1) is 6.04 Å². The van der Waals surface area contributed by atoms with Crippen LogP contribution in [0, 0.1) is 0 Å². The van der Waals surface area contributed by atoms with Crippen molar-refractivity contribution in [2.45, 2.75) is 56.8 Å². The molecule has 2 unspecified atom stereocenters. The molecule has 2 atom stereocenters. The van der Waals surface area contributed by atoms with Crippen molar-refractivity contribution in [2.24, 2.45) is 0 Å². The fraction of sp³-hybridized carbons (Fsp3) is 0.429. The van der Waals surface area contributed by atoms with E-state index in [0.29, 0.717) is 32.5 Å². The van der Waals surface area contributed by atoms with Crippen LogP contribution in [-0.4, -0.2) is 53.5 Å². The molecule has 0 saturated carbocycles. The van der Waals surface area contributed by atoms with Crippen LogP contribution in [-0.2, 0) is 16.8 Å². The normalized spacial score (nSPS) is 23.1. The summed E-state index contributed by atoms with van der Waals surface area (Å²) in [5.41, 5.74) is 2.90. The molecule has 0 spiro atoms. The van der Waals surface area contributed by atoms with Gasteiger partial charge in [-0.1, -0.05) is 62.2 Å². The van der Waals surface area contributed by atoms with Gasteiger partial charge in [-0.15, -0.1) is 0 Å². The van der Waals surface area contributed by atoms with E-state index in [1.54, 1.807) is 0 Å². The van der Waals surface area contributed by atoms with E-state index in [0.717, 1.165) is 40.8 Å². The van der Waals surface area contributed by atoms with Crippen molar-refractivity contribution in [3.05, 3.63) is 76.5 Å². The van der Waals surface area contributed by atoms with E-state index in [-0.39, 0.29) is 11.9 Å². The molecule has 2 amide bonds. The van der Waals surface area contributed by atoms with Crippen molar-refractivity contribution in [3.8, 4) is 0 Å². The lowest BCUT2D eigenvalue weighted by Crippen LogP contribution is -2.50. The summed E-state index contributed by atoms with van der Waals surface area (Å²) in [4.78, 5) is 30.7. The van der Waals surface area contributed by atoms with Crippen molar-refractivity contribution in [1.29, 1.82) is 0 Å². The third-order valence-electron chi connectivity index (χ3n) is 7.69. The molecule has 1 aliphatic carbocycles. The van der Waals surface area contributed by atoms with Crippen LogP contribution >= 0.6 is 0 Å². The summed E-state index contributed by atoms with van der Waals surface area (Å²) < 4.78 is 39.2. The van der Waals surface area contributed by atoms with Gasteiger partial charge in [0, 0.05) is 30.9 Å². The Morgan fingerprint density at radius 2 is 1.89 bits per heavy atom. The first-order valence-electron chi connectivity index (χ1n) is 12.5. The third-order valence-corrected chi connectivity index (χ3v) is 7.69. The molecule has 8 heteroatoms. The van der Waals surface area contributed by atoms with E-state index in [9.17, 15) is 22.8 Å². The number of unbranched alkanes of at least 4 members (excludes halogenated alkanes) is 1. The first-order chi connectivity index (χ1) is 17.2. The molecule has 5 nitrogen and oxygen atoms in total. The van der Waals surface area contributed by atoms with Gasteiger partial charge in [-0.25, -0.2) is 0 Å². The summed E-state index contributed by atoms with van der Waals surface area (Å²) in [5.74, 6) is -0.598. The Hall–Kier alpha value is -3.29. The number of carbonyl (C=O) groups is 2. The van der Waals surface area contributed by atoms with Gasteiger partial charge in [0.15, 0.2) is 0 Å². The predicted molar refractivity (Wildman–Crippen MR) is 131 cm³/mol. The number of nitrogens with zero attached hydrogens (tertiary/aromatic N) is 2.